The third-order valence-corrected chi connectivity index (χ3v) is 23.9. The number of rotatable bonds is 27. The van der Waals surface area contributed by atoms with E-state index in [1.807, 2.05) is 64.1 Å². The zero-order valence-electron chi connectivity index (χ0n) is 80.5. The number of aryl methyl sites for hydroxylation is 4. The maximum absolute atomic E-state index is 12.9. The standard InChI is InChI=1S/C21H35NO2.C21H34O4.C21H34O3.C19H30O3.C19H33O2P/c1-8-9-12-22-18(23)11-10-15-13-16(20(2,3)4)19(24)17(14-15)21(5,6)7;1-8-24-11-12-25-18(22)10-9-15-13-16(20(2,3)4)19(23)17(14-15)21(5,6)7;1-8-9-12-24-18(22)11-10-15-13-16(20(2,3)4)19(23)17(14-15)21(5,6)7;1-8-22-16(20)10-9-13-11-14(18(2,3)4)17(21)15(12-13)19(5,6)7;1-9-22(21,10-2)13-14-11-15(18(3,4)5)17(20)16(12-14)19(6,7)8/h13-14,24H,8-12H2,1-7H3,(H,22,23);13-14,23H,8-12H2,1-7H3;13-14,23H,8-12H2,1-7H3;11-12,21H,8-10H2,1-7H3;11-12,20H,9-10,13H2,1-8H3. The van der Waals surface area contributed by atoms with E-state index >= 15 is 0 Å². The molecule has 0 atom stereocenters. The minimum atomic E-state index is -2.14. The van der Waals surface area contributed by atoms with Crippen molar-refractivity contribution in [2.45, 2.75) is 387 Å². The second-order valence-electron chi connectivity index (χ2n) is 42.0. The maximum atomic E-state index is 12.9. The Morgan fingerprint density at radius 2 is 0.538 bits per heavy atom. The van der Waals surface area contributed by atoms with E-state index in [0.717, 1.165) is 128 Å². The summed E-state index contributed by atoms with van der Waals surface area (Å²) >= 11 is 0. The van der Waals surface area contributed by atoms with E-state index in [1.54, 1.807) is 0 Å². The lowest BCUT2D eigenvalue weighted by Gasteiger charge is -2.29. The molecular weight excluding hydrogens is 1480 g/mol. The Balaban J connectivity index is 0.000000732. The normalized spacial score (nSPS) is 12.5. The lowest BCUT2D eigenvalue weighted by Crippen LogP contribution is -2.24. The smallest absolute Gasteiger partial charge is 0.306 e. The molecule has 0 fully saturated rings. The number of hydrogen-bond donors (Lipinski definition) is 6. The van der Waals surface area contributed by atoms with E-state index in [1.165, 1.54) is 0 Å². The van der Waals surface area contributed by atoms with Crippen LogP contribution in [0.25, 0.3) is 0 Å². The zero-order valence-corrected chi connectivity index (χ0v) is 81.4. The molecule has 1 amide bonds. The average Bonchev–Trinajstić information content (AvgIpc) is 0.783. The summed E-state index contributed by atoms with van der Waals surface area (Å²) in [5.41, 5.74) is 13.3. The van der Waals surface area contributed by atoms with Crippen LogP contribution >= 0.6 is 7.14 Å². The van der Waals surface area contributed by atoms with Gasteiger partial charge in [0.25, 0.3) is 0 Å². The maximum Gasteiger partial charge on any atom is 0.306 e. The van der Waals surface area contributed by atoms with Crippen molar-refractivity contribution in [3.05, 3.63) is 144 Å². The van der Waals surface area contributed by atoms with Gasteiger partial charge in [-0.25, -0.2) is 0 Å². The van der Waals surface area contributed by atoms with Crippen LogP contribution in [0.2, 0.25) is 0 Å². The van der Waals surface area contributed by atoms with Crippen LogP contribution in [-0.4, -0.2) is 101 Å². The Bertz CT molecular complexity index is 3720. The van der Waals surface area contributed by atoms with E-state index < -0.39 is 7.14 Å². The molecule has 0 saturated heterocycles. The Kier molecular flexibility index (Phi) is 42.3. The van der Waals surface area contributed by atoms with Crippen molar-refractivity contribution in [2.24, 2.45) is 0 Å². The fourth-order valence-corrected chi connectivity index (χ4v) is 14.9. The molecule has 117 heavy (non-hydrogen) atoms. The van der Waals surface area contributed by atoms with Crippen molar-refractivity contribution in [2.75, 3.05) is 51.9 Å². The fourth-order valence-electron chi connectivity index (χ4n) is 13.2. The van der Waals surface area contributed by atoms with Crippen molar-refractivity contribution in [3.63, 3.8) is 0 Å². The molecule has 6 N–H and O–H groups in total. The summed E-state index contributed by atoms with van der Waals surface area (Å²) in [7, 11) is -2.14. The van der Waals surface area contributed by atoms with Crippen molar-refractivity contribution in [3.8, 4) is 28.7 Å². The number of carbonyl (C=O) groups is 4. The van der Waals surface area contributed by atoms with E-state index in [2.05, 4.69) is 251 Å². The molecule has 0 aliphatic rings. The van der Waals surface area contributed by atoms with Gasteiger partial charge in [-0.15, -0.1) is 0 Å². The molecule has 0 unspecified atom stereocenters. The van der Waals surface area contributed by atoms with Gasteiger partial charge in [0.2, 0.25) is 5.91 Å². The van der Waals surface area contributed by atoms with Crippen LogP contribution in [0.3, 0.4) is 0 Å². The molecule has 0 heterocycles. The summed E-state index contributed by atoms with van der Waals surface area (Å²) in [5, 5.41) is 56.5. The quantitative estimate of drug-likeness (QED) is 0.0124. The van der Waals surface area contributed by atoms with Gasteiger partial charge in [0, 0.05) is 45.0 Å². The number of ether oxygens (including phenoxy) is 4. The van der Waals surface area contributed by atoms with Gasteiger partial charge >= 0.3 is 17.9 Å². The highest BCUT2D eigenvalue weighted by atomic mass is 31.2. The fraction of sp³-hybridized carbons (Fsp3) is 0.663. The van der Waals surface area contributed by atoms with Crippen LogP contribution in [0.5, 0.6) is 28.7 Å². The van der Waals surface area contributed by atoms with Crippen LogP contribution in [0.1, 0.15) is 384 Å². The van der Waals surface area contributed by atoms with Crippen LogP contribution < -0.4 is 5.32 Å². The zero-order chi connectivity index (χ0) is 90.8. The summed E-state index contributed by atoms with van der Waals surface area (Å²) in [6.45, 7) is 77.8. The highest BCUT2D eigenvalue weighted by Gasteiger charge is 2.33. The first-order valence-corrected chi connectivity index (χ1v) is 45.7. The highest BCUT2D eigenvalue weighted by molar-refractivity contribution is 7.63. The number of aromatic hydroxyl groups is 5. The average molecular weight is 1650 g/mol. The molecule has 0 bridgehead atoms. The number of unbranched alkanes of at least 4 members (excludes halogenated alkanes) is 2. The molecular formula is C101H166NO14P. The van der Waals surface area contributed by atoms with Crippen molar-refractivity contribution < 1.29 is 68.2 Å². The first-order chi connectivity index (χ1) is 53.2. The number of carbonyl (C=O) groups excluding carboxylic acids is 4. The van der Waals surface area contributed by atoms with Crippen molar-refractivity contribution in [1.82, 2.24) is 5.32 Å². The molecule has 664 valence electrons. The number of amides is 1. The Morgan fingerprint density at radius 1 is 0.308 bits per heavy atom. The van der Waals surface area contributed by atoms with E-state index in [4.69, 9.17) is 18.9 Å². The lowest BCUT2D eigenvalue weighted by molar-refractivity contribution is -0.145. The minimum Gasteiger partial charge on any atom is -0.507 e. The summed E-state index contributed by atoms with van der Waals surface area (Å²) < 4.78 is 33.4. The molecule has 5 aromatic rings. The summed E-state index contributed by atoms with van der Waals surface area (Å²) in [6, 6.07) is 20.4. The number of phenolic OH excluding ortho intramolecular Hbond substituents is 5. The monoisotopic (exact) mass is 1650 g/mol. The van der Waals surface area contributed by atoms with Crippen molar-refractivity contribution in [1.29, 1.82) is 0 Å². The van der Waals surface area contributed by atoms with Gasteiger partial charge in [-0.05, 0) is 202 Å². The molecule has 0 aliphatic carbocycles. The molecule has 0 saturated carbocycles. The van der Waals surface area contributed by atoms with Gasteiger partial charge in [-0.2, -0.15) is 0 Å². The molecule has 5 rings (SSSR count). The van der Waals surface area contributed by atoms with Gasteiger partial charge in [0.1, 0.15) is 35.4 Å². The summed E-state index contributed by atoms with van der Waals surface area (Å²) in [4.78, 5) is 47.3. The lowest BCUT2D eigenvalue weighted by atomic mass is 9.78. The first-order valence-electron chi connectivity index (χ1n) is 43.4. The minimum absolute atomic E-state index is 0.103. The van der Waals surface area contributed by atoms with E-state index in [0.29, 0.717) is 119 Å². The van der Waals surface area contributed by atoms with Gasteiger partial charge in [-0.3, -0.25) is 19.2 Å². The number of phenols is 5. The van der Waals surface area contributed by atoms with Gasteiger partial charge in [0.05, 0.1) is 27.0 Å². The number of nitrogens with one attached hydrogen (secondary N) is 1. The predicted molar refractivity (Wildman–Crippen MR) is 491 cm³/mol. The Morgan fingerprint density at radius 3 is 0.761 bits per heavy atom. The van der Waals surface area contributed by atoms with Gasteiger partial charge < -0.3 is 54.4 Å². The number of esters is 3. The molecule has 0 spiro atoms. The molecule has 5 aromatic carbocycles. The molecule has 0 aromatic heterocycles. The van der Waals surface area contributed by atoms with Crippen LogP contribution in [0.4, 0.5) is 0 Å². The molecule has 16 heteroatoms. The second-order valence-corrected chi connectivity index (χ2v) is 45.7. The molecule has 0 aliphatic heterocycles. The van der Waals surface area contributed by atoms with Crippen LogP contribution in [-0.2, 0) is 129 Å². The van der Waals surface area contributed by atoms with E-state index in [-0.39, 0.29) is 78.0 Å². The third-order valence-electron chi connectivity index (χ3n) is 20.7. The summed E-state index contributed by atoms with van der Waals surface area (Å²) in [6.07, 6.45) is 10.3. The Labute approximate surface area is 712 Å². The van der Waals surface area contributed by atoms with E-state index in [9.17, 15) is 49.3 Å². The topological polar surface area (TPSA) is 235 Å². The Hall–Kier alpha value is -6.83. The number of hydrogen-bond acceptors (Lipinski definition) is 14. The van der Waals surface area contributed by atoms with Crippen LogP contribution in [0.15, 0.2) is 60.7 Å². The third kappa shape index (κ3) is 37.4. The van der Waals surface area contributed by atoms with Gasteiger partial charge in [0.15, 0.2) is 0 Å². The highest BCUT2D eigenvalue weighted by Crippen LogP contribution is 2.51. The summed E-state index contributed by atoms with van der Waals surface area (Å²) in [5.74, 6) is 1.47. The number of benzene rings is 5. The second kappa shape index (κ2) is 45.7. The first kappa shape index (κ1) is 108. The molecule has 0 radical (unpaired) electrons. The van der Waals surface area contributed by atoms with Crippen LogP contribution in [0, 0.1) is 0 Å². The largest absolute Gasteiger partial charge is 0.507 e. The van der Waals surface area contributed by atoms with Crippen molar-refractivity contribution >= 4 is 31.0 Å². The molecule has 15 nitrogen and oxygen atoms in total. The predicted octanol–water partition coefficient (Wildman–Crippen LogP) is 25.0. The van der Waals surface area contributed by atoms with Gasteiger partial charge in [-0.1, -0.05) is 309 Å². The SMILES string of the molecule is CCCCNC(=O)CCc1cc(C(C)(C)C)c(O)c(C(C)(C)C)c1.CCCCOC(=O)CCc1cc(C(C)(C)C)c(O)c(C(C)(C)C)c1.CCOC(=O)CCc1cc(C(C)(C)C)c(O)c(C(C)(C)C)c1.CCOCCOC(=O)CCc1cc(C(C)(C)C)c(O)c(C(C)(C)C)c1.CCP(=O)(CC)Cc1cc(C(C)(C)C)c(O)c(C(C)(C)C)c1.